The van der Waals surface area contributed by atoms with Crippen molar-refractivity contribution in [2.45, 2.75) is 27.2 Å². The van der Waals surface area contributed by atoms with Crippen LogP contribution >= 0.6 is 34.5 Å². The lowest BCUT2D eigenvalue weighted by Gasteiger charge is -2.05. The largest absolute Gasteiger partial charge is 0.461 e. The van der Waals surface area contributed by atoms with Crippen molar-refractivity contribution in [1.82, 2.24) is 9.97 Å². The summed E-state index contributed by atoms with van der Waals surface area (Å²) in [5.41, 5.74) is 1.11. The summed E-state index contributed by atoms with van der Waals surface area (Å²) in [6.07, 6.45) is 0.352. The Labute approximate surface area is 170 Å². The number of aromatic amines is 1. The van der Waals surface area contributed by atoms with Crippen molar-refractivity contribution in [3.63, 3.8) is 0 Å². The summed E-state index contributed by atoms with van der Waals surface area (Å²) in [6.45, 7) is 5.99. The Hall–Kier alpha value is -1.89. The highest BCUT2D eigenvalue weighted by molar-refractivity contribution is 7.20. The van der Waals surface area contributed by atoms with Gasteiger partial charge >= 0.3 is 5.97 Å². The molecule has 0 bridgehead atoms. The number of halogens is 2. The fourth-order valence-electron chi connectivity index (χ4n) is 2.62. The topological polar surface area (TPSA) is 72.0 Å². The minimum absolute atomic E-state index is 0.237. The summed E-state index contributed by atoms with van der Waals surface area (Å²) >= 11 is 13.3. The molecule has 0 radical (unpaired) electrons. The predicted molar refractivity (Wildman–Crippen MR) is 109 cm³/mol. The fraction of sp³-hybridized carbons (Fsp3) is 0.316. The van der Waals surface area contributed by atoms with E-state index < -0.39 is 5.97 Å². The van der Waals surface area contributed by atoms with Gasteiger partial charge in [0.2, 0.25) is 0 Å². The molecule has 27 heavy (non-hydrogen) atoms. The van der Waals surface area contributed by atoms with E-state index in [9.17, 15) is 9.59 Å². The van der Waals surface area contributed by atoms with E-state index in [-0.39, 0.29) is 11.5 Å². The van der Waals surface area contributed by atoms with Gasteiger partial charge in [-0.3, -0.25) is 4.79 Å². The number of hydrogen-bond donors (Lipinski definition) is 1. The summed E-state index contributed by atoms with van der Waals surface area (Å²) in [4.78, 5) is 33.1. The van der Waals surface area contributed by atoms with Crippen LogP contribution in [0.1, 0.15) is 40.5 Å². The Kier molecular flexibility index (Phi) is 5.89. The Balaban J connectivity index is 1.96. The molecule has 3 aromatic rings. The smallest absolute Gasteiger partial charge is 0.348 e. The zero-order valence-corrected chi connectivity index (χ0v) is 17.4. The molecule has 8 heteroatoms. The minimum Gasteiger partial charge on any atom is -0.461 e. The van der Waals surface area contributed by atoms with Gasteiger partial charge in [-0.25, -0.2) is 9.78 Å². The Bertz CT molecular complexity index is 1070. The molecule has 0 fully saturated rings. The van der Waals surface area contributed by atoms with Crippen LogP contribution in [-0.4, -0.2) is 22.5 Å². The second-order valence-electron chi connectivity index (χ2n) is 6.65. The second kappa shape index (κ2) is 8.00. The second-order valence-corrected chi connectivity index (χ2v) is 8.50. The predicted octanol–water partition coefficient (Wildman–Crippen LogP) is 5.00. The van der Waals surface area contributed by atoms with Crippen molar-refractivity contribution in [3.05, 3.63) is 60.4 Å². The number of thiophene rings is 1. The molecule has 2 aromatic heterocycles. The number of H-pyrrole nitrogens is 1. The highest BCUT2D eigenvalue weighted by atomic mass is 35.5. The Morgan fingerprint density at radius 1 is 1.33 bits per heavy atom. The van der Waals surface area contributed by atoms with Crippen molar-refractivity contribution in [2.24, 2.45) is 5.92 Å². The molecule has 0 saturated carbocycles. The average molecular weight is 425 g/mol. The maximum absolute atomic E-state index is 12.6. The van der Waals surface area contributed by atoms with Crippen molar-refractivity contribution >= 4 is 50.7 Å². The van der Waals surface area contributed by atoms with Gasteiger partial charge in [-0.1, -0.05) is 43.1 Å². The van der Waals surface area contributed by atoms with Gasteiger partial charge in [0.15, 0.2) is 0 Å². The normalized spacial score (nSPS) is 11.3. The Morgan fingerprint density at radius 3 is 2.74 bits per heavy atom. The molecule has 0 aliphatic rings. The SMILES string of the molecule is Cc1c(C(=O)OCC(C)C)sc2nc(Cc3ccc(Cl)cc3Cl)[nH]c(=O)c12. The third kappa shape index (κ3) is 4.34. The highest BCUT2D eigenvalue weighted by Crippen LogP contribution is 2.28. The number of ether oxygens (including phenoxy) is 1. The van der Waals surface area contributed by atoms with Crippen LogP contribution < -0.4 is 5.56 Å². The van der Waals surface area contributed by atoms with Gasteiger partial charge in [-0.15, -0.1) is 11.3 Å². The van der Waals surface area contributed by atoms with E-state index >= 15 is 0 Å². The lowest BCUT2D eigenvalue weighted by Crippen LogP contribution is -2.13. The van der Waals surface area contributed by atoms with Crippen molar-refractivity contribution < 1.29 is 9.53 Å². The molecule has 2 heterocycles. The summed E-state index contributed by atoms with van der Waals surface area (Å²) in [5.74, 6) is 0.284. The molecule has 142 valence electrons. The van der Waals surface area contributed by atoms with Crippen LogP contribution in [-0.2, 0) is 11.2 Å². The summed E-state index contributed by atoms with van der Waals surface area (Å²) < 4.78 is 5.29. The maximum Gasteiger partial charge on any atom is 0.348 e. The van der Waals surface area contributed by atoms with Crippen LogP contribution in [0.25, 0.3) is 10.2 Å². The number of esters is 1. The van der Waals surface area contributed by atoms with E-state index in [1.807, 2.05) is 13.8 Å². The van der Waals surface area contributed by atoms with E-state index in [0.717, 1.165) is 5.56 Å². The number of rotatable bonds is 5. The molecule has 0 aliphatic carbocycles. The van der Waals surface area contributed by atoms with Crippen LogP contribution in [0.15, 0.2) is 23.0 Å². The molecule has 5 nitrogen and oxygen atoms in total. The molecule has 1 N–H and O–H groups in total. The van der Waals surface area contributed by atoms with Gasteiger partial charge < -0.3 is 9.72 Å². The van der Waals surface area contributed by atoms with Crippen LogP contribution in [0, 0.1) is 12.8 Å². The number of hydrogen-bond acceptors (Lipinski definition) is 5. The molecule has 1 aromatic carbocycles. The van der Waals surface area contributed by atoms with Crippen LogP contribution in [0.4, 0.5) is 0 Å². The van der Waals surface area contributed by atoms with Crippen LogP contribution in [0.5, 0.6) is 0 Å². The lowest BCUT2D eigenvalue weighted by atomic mass is 10.1. The van der Waals surface area contributed by atoms with E-state index in [2.05, 4.69) is 9.97 Å². The monoisotopic (exact) mass is 424 g/mol. The van der Waals surface area contributed by atoms with Gasteiger partial charge in [0.1, 0.15) is 15.5 Å². The zero-order valence-electron chi connectivity index (χ0n) is 15.1. The van der Waals surface area contributed by atoms with Gasteiger partial charge in [-0.2, -0.15) is 0 Å². The van der Waals surface area contributed by atoms with Crippen molar-refractivity contribution in [3.8, 4) is 0 Å². The number of carbonyl (C=O) groups excluding carboxylic acids is 1. The average Bonchev–Trinajstić information content (AvgIpc) is 2.92. The third-order valence-electron chi connectivity index (χ3n) is 3.96. The molecule has 0 saturated heterocycles. The molecular weight excluding hydrogens is 407 g/mol. The summed E-state index contributed by atoms with van der Waals surface area (Å²) in [7, 11) is 0. The van der Waals surface area contributed by atoms with E-state index in [4.69, 9.17) is 27.9 Å². The van der Waals surface area contributed by atoms with E-state index in [1.165, 1.54) is 11.3 Å². The van der Waals surface area contributed by atoms with Gasteiger partial charge in [-0.05, 0) is 36.1 Å². The maximum atomic E-state index is 12.6. The van der Waals surface area contributed by atoms with Gasteiger partial charge in [0, 0.05) is 16.5 Å². The quantitative estimate of drug-likeness (QED) is 0.584. The minimum atomic E-state index is -0.425. The summed E-state index contributed by atoms with van der Waals surface area (Å²) in [6, 6.07) is 5.17. The number of aromatic nitrogens is 2. The zero-order chi connectivity index (χ0) is 19.7. The highest BCUT2D eigenvalue weighted by Gasteiger charge is 2.21. The molecular formula is C19H18Cl2N2O3S. The molecule has 0 amide bonds. The number of nitrogens with zero attached hydrogens (tertiary/aromatic N) is 1. The first-order valence-electron chi connectivity index (χ1n) is 8.39. The molecule has 0 spiro atoms. The number of aryl methyl sites for hydroxylation is 1. The molecule has 3 rings (SSSR count). The van der Waals surface area contributed by atoms with Crippen LogP contribution in [0.3, 0.4) is 0 Å². The number of carbonyl (C=O) groups is 1. The van der Waals surface area contributed by atoms with Gasteiger partial charge in [0.25, 0.3) is 5.56 Å². The standard InChI is InChI=1S/C19H18Cl2N2O3S/c1-9(2)8-26-19(25)16-10(3)15-17(24)22-14(23-18(15)27-16)6-11-4-5-12(20)7-13(11)21/h4-5,7,9H,6,8H2,1-3H3,(H,22,23,24). The van der Waals surface area contributed by atoms with Crippen molar-refractivity contribution in [1.29, 1.82) is 0 Å². The molecule has 0 unspecified atom stereocenters. The first-order chi connectivity index (χ1) is 12.8. The molecule has 0 aliphatic heterocycles. The van der Waals surface area contributed by atoms with Crippen LogP contribution in [0.2, 0.25) is 10.0 Å². The third-order valence-corrected chi connectivity index (χ3v) is 5.71. The van der Waals surface area contributed by atoms with Crippen molar-refractivity contribution in [2.75, 3.05) is 6.61 Å². The first-order valence-corrected chi connectivity index (χ1v) is 9.96. The Morgan fingerprint density at radius 2 is 2.07 bits per heavy atom. The lowest BCUT2D eigenvalue weighted by molar-refractivity contribution is 0.0464. The van der Waals surface area contributed by atoms with E-state index in [1.54, 1.807) is 25.1 Å². The fourth-order valence-corrected chi connectivity index (χ4v) is 4.19. The number of nitrogens with one attached hydrogen (secondary N) is 1. The van der Waals surface area contributed by atoms with E-state index in [0.29, 0.717) is 49.6 Å². The molecule has 0 atom stereocenters. The number of fused-ring (bicyclic) bond motifs is 1. The summed E-state index contributed by atoms with van der Waals surface area (Å²) in [5, 5.41) is 1.46. The first kappa shape index (κ1) is 19.9. The van der Waals surface area contributed by atoms with Gasteiger partial charge in [0.05, 0.1) is 12.0 Å². The number of benzene rings is 1.